The van der Waals surface area contributed by atoms with Gasteiger partial charge in [-0.1, -0.05) is 24.1 Å². The Kier molecular flexibility index (Phi) is 4.84. The summed E-state index contributed by atoms with van der Waals surface area (Å²) < 4.78 is 27.2. The lowest BCUT2D eigenvalue weighted by atomic mass is 10.1. The maximum absolute atomic E-state index is 12.3. The van der Waals surface area contributed by atoms with Crippen LogP contribution in [0.25, 0.3) is 0 Å². The normalized spacial score (nSPS) is 20.4. The monoisotopic (exact) mass is 302 g/mol. The van der Waals surface area contributed by atoms with Crippen LogP contribution in [0.2, 0.25) is 5.02 Å². The second-order valence-corrected chi connectivity index (χ2v) is 7.00. The van der Waals surface area contributed by atoms with Gasteiger partial charge in [-0.25, -0.2) is 13.1 Å². The molecule has 1 heterocycles. The SMILES string of the molecule is Cc1c(Cl)cccc1S(=O)(=O)NCC1CCCCN1. The van der Waals surface area contributed by atoms with E-state index in [1.807, 2.05) is 0 Å². The maximum Gasteiger partial charge on any atom is 0.240 e. The molecule has 1 aromatic rings. The van der Waals surface area contributed by atoms with Crippen molar-refractivity contribution in [2.45, 2.75) is 37.1 Å². The highest BCUT2D eigenvalue weighted by atomic mass is 35.5. The Morgan fingerprint density at radius 1 is 1.42 bits per heavy atom. The minimum atomic E-state index is -3.49. The molecule has 1 fully saturated rings. The van der Waals surface area contributed by atoms with Crippen LogP contribution in [-0.2, 0) is 10.0 Å². The zero-order valence-electron chi connectivity index (χ0n) is 10.9. The topological polar surface area (TPSA) is 58.2 Å². The highest BCUT2D eigenvalue weighted by Crippen LogP contribution is 2.22. The molecule has 4 nitrogen and oxygen atoms in total. The molecule has 0 aromatic heterocycles. The lowest BCUT2D eigenvalue weighted by Gasteiger charge is -2.23. The van der Waals surface area contributed by atoms with Gasteiger partial charge in [0, 0.05) is 17.6 Å². The molecular formula is C13H19ClN2O2S. The molecule has 0 radical (unpaired) electrons. The summed E-state index contributed by atoms with van der Waals surface area (Å²) in [4.78, 5) is 0.260. The van der Waals surface area contributed by atoms with E-state index in [9.17, 15) is 8.42 Å². The molecule has 106 valence electrons. The van der Waals surface area contributed by atoms with Gasteiger partial charge in [-0.05, 0) is 44.0 Å². The van der Waals surface area contributed by atoms with Crippen LogP contribution in [0.1, 0.15) is 24.8 Å². The Labute approximate surface area is 119 Å². The van der Waals surface area contributed by atoms with Gasteiger partial charge in [-0.3, -0.25) is 0 Å². The Morgan fingerprint density at radius 2 is 2.21 bits per heavy atom. The summed E-state index contributed by atoms with van der Waals surface area (Å²) in [6.07, 6.45) is 3.32. The molecule has 6 heteroatoms. The number of halogens is 1. The first-order valence-electron chi connectivity index (χ1n) is 6.49. The Morgan fingerprint density at radius 3 is 2.89 bits per heavy atom. The molecule has 0 bridgehead atoms. The minimum Gasteiger partial charge on any atom is -0.313 e. The van der Waals surface area contributed by atoms with Crippen molar-refractivity contribution in [1.82, 2.24) is 10.0 Å². The maximum atomic E-state index is 12.3. The lowest BCUT2D eigenvalue weighted by Crippen LogP contribution is -2.43. The van der Waals surface area contributed by atoms with Crippen molar-refractivity contribution in [2.75, 3.05) is 13.1 Å². The summed E-state index contributed by atoms with van der Waals surface area (Å²) in [6, 6.07) is 5.15. The summed E-state index contributed by atoms with van der Waals surface area (Å²) in [5, 5.41) is 3.79. The van der Waals surface area contributed by atoms with E-state index >= 15 is 0 Å². The van der Waals surface area contributed by atoms with E-state index in [-0.39, 0.29) is 10.9 Å². The second-order valence-electron chi connectivity index (χ2n) is 4.86. The van der Waals surface area contributed by atoms with Gasteiger partial charge in [0.25, 0.3) is 0 Å². The van der Waals surface area contributed by atoms with E-state index in [0.29, 0.717) is 17.1 Å². The van der Waals surface area contributed by atoms with Gasteiger partial charge in [-0.2, -0.15) is 0 Å². The molecule has 1 aliphatic rings. The molecule has 0 amide bonds. The third-order valence-electron chi connectivity index (χ3n) is 3.44. The van der Waals surface area contributed by atoms with Crippen molar-refractivity contribution in [1.29, 1.82) is 0 Å². The van der Waals surface area contributed by atoms with Crippen LogP contribution in [0, 0.1) is 6.92 Å². The van der Waals surface area contributed by atoms with Crippen LogP contribution in [-0.4, -0.2) is 27.5 Å². The van der Waals surface area contributed by atoms with Crippen molar-refractivity contribution in [3.8, 4) is 0 Å². The van der Waals surface area contributed by atoms with E-state index in [1.54, 1.807) is 25.1 Å². The van der Waals surface area contributed by atoms with Gasteiger partial charge in [0.05, 0.1) is 4.90 Å². The number of sulfonamides is 1. The average molecular weight is 303 g/mol. The number of rotatable bonds is 4. The second kappa shape index (κ2) is 6.22. The summed E-state index contributed by atoms with van der Waals surface area (Å²) in [6.45, 7) is 3.10. The van der Waals surface area contributed by atoms with Gasteiger partial charge in [0.1, 0.15) is 0 Å². The largest absolute Gasteiger partial charge is 0.313 e. The molecule has 2 rings (SSSR count). The van der Waals surface area contributed by atoms with Crippen LogP contribution < -0.4 is 10.0 Å². The Hall–Kier alpha value is -0.620. The summed E-state index contributed by atoms with van der Waals surface area (Å²) in [5.41, 5.74) is 0.591. The average Bonchev–Trinajstić information content (AvgIpc) is 2.41. The van der Waals surface area contributed by atoms with Crippen molar-refractivity contribution in [3.63, 3.8) is 0 Å². The summed E-state index contributed by atoms with van der Waals surface area (Å²) in [5.74, 6) is 0. The predicted octanol–water partition coefficient (Wildman–Crippen LogP) is 2.07. The molecule has 0 saturated carbocycles. The summed E-state index contributed by atoms with van der Waals surface area (Å²) >= 11 is 5.96. The fourth-order valence-electron chi connectivity index (χ4n) is 2.27. The van der Waals surface area contributed by atoms with Crippen molar-refractivity contribution in [2.24, 2.45) is 0 Å². The number of nitrogens with one attached hydrogen (secondary N) is 2. The van der Waals surface area contributed by atoms with Crippen LogP contribution >= 0.6 is 11.6 Å². The standard InChI is InChI=1S/C13H19ClN2O2S/c1-10-12(14)6-4-7-13(10)19(17,18)16-9-11-5-2-3-8-15-11/h4,6-7,11,15-16H,2-3,5,8-9H2,1H3. The molecule has 1 saturated heterocycles. The molecule has 2 N–H and O–H groups in total. The van der Waals surface area contributed by atoms with Crippen LogP contribution in [0.3, 0.4) is 0 Å². The highest BCUT2D eigenvalue weighted by molar-refractivity contribution is 7.89. The predicted molar refractivity (Wildman–Crippen MR) is 77.0 cm³/mol. The number of hydrogen-bond acceptors (Lipinski definition) is 3. The fraction of sp³-hybridized carbons (Fsp3) is 0.538. The molecule has 0 spiro atoms. The molecule has 0 aliphatic carbocycles. The summed E-state index contributed by atoms with van der Waals surface area (Å²) in [7, 11) is -3.49. The first kappa shape index (κ1) is 14.8. The smallest absolute Gasteiger partial charge is 0.240 e. The van der Waals surface area contributed by atoms with Crippen molar-refractivity contribution in [3.05, 3.63) is 28.8 Å². The molecular weight excluding hydrogens is 284 g/mol. The highest BCUT2D eigenvalue weighted by Gasteiger charge is 2.20. The Balaban J connectivity index is 2.07. The minimum absolute atomic E-state index is 0.225. The van der Waals surface area contributed by atoms with Crippen molar-refractivity contribution < 1.29 is 8.42 Å². The molecule has 1 aliphatic heterocycles. The molecule has 1 unspecified atom stereocenters. The fourth-order valence-corrected chi connectivity index (χ4v) is 3.84. The molecule has 1 aromatic carbocycles. The zero-order valence-corrected chi connectivity index (χ0v) is 12.5. The molecule has 19 heavy (non-hydrogen) atoms. The van der Waals surface area contributed by atoms with Crippen LogP contribution in [0.4, 0.5) is 0 Å². The van der Waals surface area contributed by atoms with Gasteiger partial charge >= 0.3 is 0 Å². The van der Waals surface area contributed by atoms with Gasteiger partial charge in [-0.15, -0.1) is 0 Å². The first-order chi connectivity index (χ1) is 9.00. The van der Waals surface area contributed by atoms with Crippen LogP contribution in [0.15, 0.2) is 23.1 Å². The number of piperidine rings is 1. The van der Waals surface area contributed by atoms with E-state index < -0.39 is 10.0 Å². The van der Waals surface area contributed by atoms with Gasteiger partial charge in [0.15, 0.2) is 0 Å². The van der Waals surface area contributed by atoms with E-state index in [1.165, 1.54) is 0 Å². The van der Waals surface area contributed by atoms with Crippen LogP contribution in [0.5, 0.6) is 0 Å². The van der Waals surface area contributed by atoms with Crippen molar-refractivity contribution >= 4 is 21.6 Å². The quantitative estimate of drug-likeness (QED) is 0.895. The zero-order chi connectivity index (χ0) is 13.9. The third kappa shape index (κ3) is 3.69. The number of benzene rings is 1. The van der Waals surface area contributed by atoms with E-state index in [2.05, 4.69) is 10.0 Å². The first-order valence-corrected chi connectivity index (χ1v) is 8.35. The van der Waals surface area contributed by atoms with Gasteiger partial charge < -0.3 is 5.32 Å². The number of hydrogen-bond donors (Lipinski definition) is 2. The third-order valence-corrected chi connectivity index (χ3v) is 5.42. The van der Waals surface area contributed by atoms with Gasteiger partial charge in [0.2, 0.25) is 10.0 Å². The van der Waals surface area contributed by atoms with E-state index in [4.69, 9.17) is 11.6 Å². The molecule has 1 atom stereocenters. The Bertz CT molecular complexity index is 540. The lowest BCUT2D eigenvalue weighted by molar-refractivity contribution is 0.398. The van der Waals surface area contributed by atoms with E-state index in [0.717, 1.165) is 25.8 Å².